The Balaban J connectivity index is 5.19. The van der Waals surface area contributed by atoms with Gasteiger partial charge in [-0.05, 0) is 37.5 Å². The lowest BCUT2D eigenvalue weighted by Crippen LogP contribution is -2.30. The van der Waals surface area contributed by atoms with Crippen molar-refractivity contribution >= 4 is 39.5 Å². The van der Waals surface area contributed by atoms with Crippen molar-refractivity contribution in [2.45, 2.75) is 426 Å². The summed E-state index contributed by atoms with van der Waals surface area (Å²) in [5.41, 5.74) is 0. The predicted octanol–water partition coefficient (Wildman–Crippen LogP) is 23.1. The minimum atomic E-state index is -4.96. The normalized spacial score (nSPS) is 14.5. The molecule has 0 aromatic carbocycles. The molecule has 0 aliphatic rings. The highest BCUT2D eigenvalue weighted by molar-refractivity contribution is 7.47. The predicted molar refractivity (Wildman–Crippen MR) is 395 cm³/mol. The van der Waals surface area contributed by atoms with E-state index in [1.807, 2.05) is 0 Å². The highest BCUT2D eigenvalue weighted by Gasteiger charge is 2.30. The van der Waals surface area contributed by atoms with Crippen LogP contribution in [0.25, 0.3) is 0 Å². The Bertz CT molecular complexity index is 1880. The zero-order valence-corrected chi connectivity index (χ0v) is 65.2. The first kappa shape index (κ1) is 95.1. The van der Waals surface area contributed by atoms with Gasteiger partial charge in [0, 0.05) is 25.7 Å². The summed E-state index contributed by atoms with van der Waals surface area (Å²) >= 11 is 0. The third-order valence-electron chi connectivity index (χ3n) is 18.9. The summed E-state index contributed by atoms with van der Waals surface area (Å²) < 4.78 is 68.5. The molecule has 7 atom stereocenters. The molecule has 0 fully saturated rings. The smallest absolute Gasteiger partial charge is 0.462 e. The summed E-state index contributed by atoms with van der Waals surface area (Å²) in [6, 6.07) is 0. The molecule has 0 aromatic heterocycles. The SMILES string of the molecule is CCCCCCCCCCCCCCCCC(=O)OC[C@H](COP(=O)(O)OC[C@@H](O)COP(=O)(O)OC[C@@H](COC(=O)CCCCCCCCCCC)OC(=O)CCCCCCCCCCC(C)CC)OC(=O)CCCCCCCCCCCCCCCCCCCCC(C)CC. The lowest BCUT2D eigenvalue weighted by atomic mass is 9.99. The van der Waals surface area contributed by atoms with E-state index in [0.717, 1.165) is 102 Å². The number of aliphatic hydroxyl groups excluding tert-OH is 1. The van der Waals surface area contributed by atoms with Crippen LogP contribution in [0.5, 0.6) is 0 Å². The van der Waals surface area contributed by atoms with E-state index in [9.17, 15) is 43.2 Å². The molecule has 4 unspecified atom stereocenters. The third kappa shape index (κ3) is 69.5. The van der Waals surface area contributed by atoms with Crippen molar-refractivity contribution in [1.29, 1.82) is 0 Å². The van der Waals surface area contributed by atoms with Gasteiger partial charge in [-0.3, -0.25) is 37.3 Å². The first-order valence-corrected chi connectivity index (χ1v) is 43.6. The van der Waals surface area contributed by atoms with Crippen LogP contribution in [0, 0.1) is 11.8 Å². The second kappa shape index (κ2) is 69.8. The number of carbonyl (C=O) groups is 4. The van der Waals surface area contributed by atoms with Crippen molar-refractivity contribution < 1.29 is 80.2 Å². The van der Waals surface area contributed by atoms with Gasteiger partial charge in [0.25, 0.3) is 0 Å². The fourth-order valence-corrected chi connectivity index (χ4v) is 13.5. The van der Waals surface area contributed by atoms with E-state index in [2.05, 4.69) is 41.5 Å². The van der Waals surface area contributed by atoms with Crippen LogP contribution in [0.2, 0.25) is 0 Å². The largest absolute Gasteiger partial charge is 0.472 e. The molecule has 19 heteroatoms. The quantitative estimate of drug-likeness (QED) is 0.0222. The highest BCUT2D eigenvalue weighted by atomic mass is 31.2. The fraction of sp³-hybridized carbons (Fsp3) is 0.949. The molecule has 0 aliphatic carbocycles. The van der Waals surface area contributed by atoms with Crippen LogP contribution in [0.15, 0.2) is 0 Å². The fourth-order valence-electron chi connectivity index (χ4n) is 11.9. The number of aliphatic hydroxyl groups is 1. The van der Waals surface area contributed by atoms with E-state index in [-0.39, 0.29) is 25.7 Å². The summed E-state index contributed by atoms with van der Waals surface area (Å²) in [6.45, 7) is 9.66. The Hall–Kier alpha value is -1.94. The van der Waals surface area contributed by atoms with E-state index in [0.29, 0.717) is 25.7 Å². The van der Waals surface area contributed by atoms with Gasteiger partial charge >= 0.3 is 39.5 Å². The van der Waals surface area contributed by atoms with Gasteiger partial charge in [0.1, 0.15) is 19.3 Å². The van der Waals surface area contributed by atoms with Crippen molar-refractivity contribution in [2.24, 2.45) is 11.8 Å². The van der Waals surface area contributed by atoms with Gasteiger partial charge in [0.2, 0.25) is 0 Å². The number of carbonyl (C=O) groups excluding carboxylic acids is 4. The van der Waals surface area contributed by atoms with Crippen LogP contribution in [-0.4, -0.2) is 96.7 Å². The van der Waals surface area contributed by atoms with Crippen molar-refractivity contribution in [3.05, 3.63) is 0 Å². The first-order chi connectivity index (χ1) is 46.9. The topological polar surface area (TPSA) is 237 Å². The molecule has 0 spiro atoms. The van der Waals surface area contributed by atoms with Gasteiger partial charge in [0.05, 0.1) is 26.4 Å². The lowest BCUT2D eigenvalue weighted by molar-refractivity contribution is -0.161. The molecular weight excluding hydrogens is 1270 g/mol. The second-order valence-electron chi connectivity index (χ2n) is 28.6. The number of phosphoric ester groups is 2. The number of hydrogen-bond acceptors (Lipinski definition) is 15. The molecule has 17 nitrogen and oxygen atoms in total. The Morgan fingerprint density at radius 2 is 0.495 bits per heavy atom. The number of unbranched alkanes of at least 4 members (excludes halogenated alkanes) is 45. The highest BCUT2D eigenvalue weighted by Crippen LogP contribution is 2.45. The van der Waals surface area contributed by atoms with Crippen LogP contribution in [0.3, 0.4) is 0 Å². The molecule has 576 valence electrons. The minimum Gasteiger partial charge on any atom is -0.462 e. The summed E-state index contributed by atoms with van der Waals surface area (Å²) in [5, 5.41) is 10.6. The number of hydrogen-bond donors (Lipinski definition) is 3. The van der Waals surface area contributed by atoms with E-state index in [1.54, 1.807) is 0 Å². The maximum atomic E-state index is 13.1. The molecule has 0 rings (SSSR count). The Morgan fingerprint density at radius 1 is 0.289 bits per heavy atom. The lowest BCUT2D eigenvalue weighted by Gasteiger charge is -2.21. The molecule has 0 aromatic rings. The van der Waals surface area contributed by atoms with Gasteiger partial charge in [-0.15, -0.1) is 0 Å². The number of phosphoric acid groups is 2. The van der Waals surface area contributed by atoms with Crippen molar-refractivity contribution in [3.63, 3.8) is 0 Å². The molecule has 0 bridgehead atoms. The van der Waals surface area contributed by atoms with Crippen LogP contribution in [-0.2, 0) is 65.4 Å². The van der Waals surface area contributed by atoms with Gasteiger partial charge in [0.15, 0.2) is 12.2 Å². The van der Waals surface area contributed by atoms with Crippen LogP contribution in [0.1, 0.15) is 408 Å². The minimum absolute atomic E-state index is 0.105. The van der Waals surface area contributed by atoms with E-state index < -0.39 is 97.5 Å². The van der Waals surface area contributed by atoms with E-state index in [4.69, 9.17) is 37.0 Å². The van der Waals surface area contributed by atoms with Crippen molar-refractivity contribution in [3.8, 4) is 0 Å². The van der Waals surface area contributed by atoms with Gasteiger partial charge < -0.3 is 33.8 Å². The van der Waals surface area contributed by atoms with Crippen molar-refractivity contribution in [2.75, 3.05) is 39.6 Å². The zero-order valence-electron chi connectivity index (χ0n) is 63.4. The molecule has 0 saturated heterocycles. The summed E-state index contributed by atoms with van der Waals surface area (Å²) in [6.07, 6.45) is 58.2. The second-order valence-corrected chi connectivity index (χ2v) is 31.5. The summed E-state index contributed by atoms with van der Waals surface area (Å²) in [4.78, 5) is 72.8. The standard InChI is InChI=1S/C78H152O17P2/c1-7-11-13-15-17-19-20-21-29-32-36-43-49-55-61-76(81)89-67-73(94-77(82)62-56-50-44-37-33-30-27-25-23-22-24-26-28-31-35-40-46-52-58-70(5)9-3)68-92-96(84,85)90-64-72(79)65-91-97(86,87)93-69-74(66-88-75(80)60-54-48-42-34-18-16-14-12-8-2)95-78(83)63-57-51-45-39-38-41-47-53-59-71(6)10-4/h70-74,79H,7-69H2,1-6H3,(H,84,85)(H,86,87)/t70?,71?,72-,73-,74-/m1/s1. The van der Waals surface area contributed by atoms with Gasteiger partial charge in [-0.2, -0.15) is 0 Å². The molecule has 0 heterocycles. The Labute approximate surface area is 594 Å². The zero-order chi connectivity index (χ0) is 71.4. The maximum absolute atomic E-state index is 13.1. The van der Waals surface area contributed by atoms with Crippen LogP contribution >= 0.6 is 15.6 Å². The van der Waals surface area contributed by atoms with Gasteiger partial charge in [-0.1, -0.05) is 356 Å². The number of rotatable bonds is 77. The number of ether oxygens (including phenoxy) is 4. The summed E-state index contributed by atoms with van der Waals surface area (Å²) in [7, 11) is -9.91. The first-order valence-electron chi connectivity index (χ1n) is 40.6. The molecule has 0 amide bonds. The van der Waals surface area contributed by atoms with Crippen LogP contribution < -0.4 is 0 Å². The Morgan fingerprint density at radius 3 is 0.732 bits per heavy atom. The molecule has 0 saturated carbocycles. The van der Waals surface area contributed by atoms with E-state index in [1.165, 1.54) is 225 Å². The molecular formula is C78H152O17P2. The van der Waals surface area contributed by atoms with Crippen LogP contribution in [0.4, 0.5) is 0 Å². The molecule has 97 heavy (non-hydrogen) atoms. The maximum Gasteiger partial charge on any atom is 0.472 e. The monoisotopic (exact) mass is 1420 g/mol. The average Bonchev–Trinajstić information content (AvgIpc) is 1.57. The molecule has 0 aliphatic heterocycles. The molecule has 0 radical (unpaired) electrons. The van der Waals surface area contributed by atoms with Crippen molar-refractivity contribution in [1.82, 2.24) is 0 Å². The summed E-state index contributed by atoms with van der Waals surface area (Å²) in [5.74, 6) is -0.474. The number of esters is 4. The Kier molecular flexibility index (Phi) is 68.4. The van der Waals surface area contributed by atoms with Gasteiger partial charge in [-0.25, -0.2) is 9.13 Å². The van der Waals surface area contributed by atoms with E-state index >= 15 is 0 Å². The molecule has 3 N–H and O–H groups in total. The third-order valence-corrected chi connectivity index (χ3v) is 20.8. The average molecular weight is 1420 g/mol.